The lowest BCUT2D eigenvalue weighted by Gasteiger charge is -2.14. The second-order valence-electron chi connectivity index (χ2n) is 6.65. The summed E-state index contributed by atoms with van der Waals surface area (Å²) < 4.78 is 5.26. The van der Waals surface area contributed by atoms with Gasteiger partial charge in [0.1, 0.15) is 0 Å². The van der Waals surface area contributed by atoms with Gasteiger partial charge in [0.05, 0.1) is 16.3 Å². The fraction of sp³-hybridized carbons (Fsp3) is 0.182. The van der Waals surface area contributed by atoms with Crippen molar-refractivity contribution in [2.75, 3.05) is 5.32 Å². The number of rotatable bonds is 8. The Morgan fingerprint density at radius 1 is 1.10 bits per heavy atom. The van der Waals surface area contributed by atoms with E-state index in [2.05, 4.69) is 10.3 Å². The number of carbonyl (C=O) groups is 3. The minimum atomic E-state index is -0.995. The van der Waals surface area contributed by atoms with Crippen LogP contribution < -0.4 is 11.1 Å². The smallest absolute Gasteiger partial charge is 0.338 e. The first-order valence-corrected chi connectivity index (χ1v) is 11.2. The zero-order chi connectivity index (χ0) is 22.4. The highest BCUT2D eigenvalue weighted by Crippen LogP contribution is 2.24. The third kappa shape index (κ3) is 6.40. The number of hydrogen-bond acceptors (Lipinski definition) is 7. The molecule has 3 rings (SSSR count). The summed E-state index contributed by atoms with van der Waals surface area (Å²) in [5.74, 6) is -0.863. The zero-order valence-corrected chi connectivity index (χ0v) is 18.6. The number of primary amides is 1. The monoisotopic (exact) mass is 455 g/mol. The maximum atomic E-state index is 12.4. The van der Waals surface area contributed by atoms with Gasteiger partial charge in [-0.25, -0.2) is 9.78 Å². The summed E-state index contributed by atoms with van der Waals surface area (Å²) in [6.07, 6.45) is -0.995. The molecule has 0 bridgehead atoms. The number of hydrogen-bond donors (Lipinski definition) is 2. The molecule has 0 fully saturated rings. The Morgan fingerprint density at radius 3 is 2.32 bits per heavy atom. The standard InChI is InChI=1S/C22H21N3O4S2/c1-13(21(27)25-17-7-3-15(4-8-17)20(23)26)29-22(28)16-5-9-19(10-6-16)31-12-18-11-30-14(2)24-18/h3-11,13H,12H2,1-2H3,(H2,23,26)(H,25,27). The summed E-state index contributed by atoms with van der Waals surface area (Å²) in [5.41, 5.74) is 7.38. The van der Waals surface area contributed by atoms with E-state index in [0.717, 1.165) is 21.3 Å². The number of aromatic nitrogens is 1. The summed E-state index contributed by atoms with van der Waals surface area (Å²) in [4.78, 5) is 41.2. The van der Waals surface area contributed by atoms with Gasteiger partial charge in [0, 0.05) is 27.3 Å². The highest BCUT2D eigenvalue weighted by molar-refractivity contribution is 7.98. The maximum absolute atomic E-state index is 12.4. The third-order valence-electron chi connectivity index (χ3n) is 4.23. The van der Waals surface area contributed by atoms with Gasteiger partial charge in [-0.2, -0.15) is 0 Å². The summed E-state index contributed by atoms with van der Waals surface area (Å²) in [5, 5.41) is 5.70. The molecule has 2 aromatic carbocycles. The number of nitrogens with one attached hydrogen (secondary N) is 1. The fourth-order valence-corrected chi connectivity index (χ4v) is 4.07. The van der Waals surface area contributed by atoms with E-state index < -0.39 is 23.9 Å². The van der Waals surface area contributed by atoms with E-state index in [1.165, 1.54) is 19.1 Å². The van der Waals surface area contributed by atoms with E-state index in [1.807, 2.05) is 24.4 Å². The molecule has 0 saturated heterocycles. The SMILES string of the molecule is Cc1nc(CSc2ccc(C(=O)OC(C)C(=O)Nc3ccc(C(N)=O)cc3)cc2)cs1. The number of esters is 1. The van der Waals surface area contributed by atoms with Crippen LogP contribution in [0.25, 0.3) is 0 Å². The van der Waals surface area contributed by atoms with Crippen molar-refractivity contribution in [3.05, 3.63) is 75.7 Å². The number of thiazole rings is 1. The number of anilines is 1. The topological polar surface area (TPSA) is 111 Å². The highest BCUT2D eigenvalue weighted by atomic mass is 32.2. The first-order valence-electron chi connectivity index (χ1n) is 9.37. The van der Waals surface area contributed by atoms with Gasteiger partial charge in [-0.1, -0.05) is 0 Å². The number of nitrogens with zero attached hydrogens (tertiary/aromatic N) is 1. The molecule has 7 nitrogen and oxygen atoms in total. The molecule has 3 N–H and O–H groups in total. The van der Waals surface area contributed by atoms with Crippen LogP contribution in [0, 0.1) is 6.92 Å². The largest absolute Gasteiger partial charge is 0.449 e. The molecule has 1 heterocycles. The van der Waals surface area contributed by atoms with Crippen molar-refractivity contribution in [1.29, 1.82) is 0 Å². The van der Waals surface area contributed by atoms with Crippen molar-refractivity contribution in [3.63, 3.8) is 0 Å². The molecule has 9 heteroatoms. The van der Waals surface area contributed by atoms with Gasteiger partial charge in [0.25, 0.3) is 5.91 Å². The molecule has 0 aliphatic carbocycles. The van der Waals surface area contributed by atoms with Crippen LogP contribution in [0.5, 0.6) is 0 Å². The molecule has 1 atom stereocenters. The molecule has 0 spiro atoms. The van der Waals surface area contributed by atoms with Crippen LogP contribution in [-0.4, -0.2) is 28.9 Å². The molecule has 1 aromatic heterocycles. The maximum Gasteiger partial charge on any atom is 0.338 e. The number of thioether (sulfide) groups is 1. The van der Waals surface area contributed by atoms with Crippen LogP contribution in [0.3, 0.4) is 0 Å². The normalized spacial score (nSPS) is 11.5. The molecular formula is C22H21N3O4S2. The van der Waals surface area contributed by atoms with Crippen molar-refractivity contribution in [2.24, 2.45) is 5.73 Å². The Labute approximate surface area is 188 Å². The molecular weight excluding hydrogens is 434 g/mol. The summed E-state index contributed by atoms with van der Waals surface area (Å²) in [6.45, 7) is 3.46. The lowest BCUT2D eigenvalue weighted by molar-refractivity contribution is -0.123. The molecule has 31 heavy (non-hydrogen) atoms. The van der Waals surface area contributed by atoms with E-state index >= 15 is 0 Å². The lowest BCUT2D eigenvalue weighted by atomic mass is 10.2. The van der Waals surface area contributed by atoms with Gasteiger partial charge >= 0.3 is 5.97 Å². The minimum Gasteiger partial charge on any atom is -0.449 e. The predicted molar refractivity (Wildman–Crippen MR) is 121 cm³/mol. The highest BCUT2D eigenvalue weighted by Gasteiger charge is 2.19. The number of amides is 2. The Balaban J connectivity index is 1.51. The molecule has 1 unspecified atom stereocenters. The van der Waals surface area contributed by atoms with Crippen molar-refractivity contribution in [3.8, 4) is 0 Å². The van der Waals surface area contributed by atoms with Crippen LogP contribution >= 0.6 is 23.1 Å². The molecule has 3 aromatic rings. The molecule has 0 aliphatic heterocycles. The van der Waals surface area contributed by atoms with Gasteiger partial charge in [-0.3, -0.25) is 9.59 Å². The van der Waals surface area contributed by atoms with Crippen LogP contribution in [0.2, 0.25) is 0 Å². The zero-order valence-electron chi connectivity index (χ0n) is 17.0. The Hall–Kier alpha value is -3.17. The van der Waals surface area contributed by atoms with Crippen LogP contribution in [0.4, 0.5) is 5.69 Å². The summed E-state index contributed by atoms with van der Waals surface area (Å²) in [6, 6.07) is 13.1. The average molecular weight is 456 g/mol. The minimum absolute atomic E-state index is 0.334. The number of benzene rings is 2. The van der Waals surface area contributed by atoms with E-state index in [9.17, 15) is 14.4 Å². The van der Waals surface area contributed by atoms with Gasteiger partial charge in [-0.05, 0) is 62.4 Å². The van der Waals surface area contributed by atoms with Crippen LogP contribution in [0.1, 0.15) is 38.3 Å². The van der Waals surface area contributed by atoms with Gasteiger partial charge in [-0.15, -0.1) is 23.1 Å². The fourth-order valence-electron chi connectivity index (χ4n) is 2.56. The van der Waals surface area contributed by atoms with E-state index in [1.54, 1.807) is 47.4 Å². The van der Waals surface area contributed by atoms with Crippen molar-refractivity contribution < 1.29 is 19.1 Å². The van der Waals surface area contributed by atoms with Gasteiger partial charge in [0.15, 0.2) is 6.10 Å². The van der Waals surface area contributed by atoms with Crippen molar-refractivity contribution in [1.82, 2.24) is 4.98 Å². The Kier molecular flexibility index (Phi) is 7.43. The average Bonchev–Trinajstić information content (AvgIpc) is 3.18. The second-order valence-corrected chi connectivity index (χ2v) is 8.76. The first-order chi connectivity index (χ1) is 14.8. The molecule has 2 amide bonds. The lowest BCUT2D eigenvalue weighted by Crippen LogP contribution is -2.30. The van der Waals surface area contributed by atoms with Crippen LogP contribution in [-0.2, 0) is 15.3 Å². The molecule has 0 aliphatic rings. The number of carbonyl (C=O) groups excluding carboxylic acids is 3. The van der Waals surface area contributed by atoms with Crippen LogP contribution in [0.15, 0.2) is 58.8 Å². The Bertz CT molecular complexity index is 1080. The molecule has 0 saturated carbocycles. The first kappa shape index (κ1) is 22.5. The predicted octanol–water partition coefficient (Wildman–Crippen LogP) is 4.03. The van der Waals surface area contributed by atoms with Crippen molar-refractivity contribution >= 4 is 46.6 Å². The third-order valence-corrected chi connectivity index (χ3v) is 6.10. The number of ether oxygens (including phenoxy) is 1. The summed E-state index contributed by atoms with van der Waals surface area (Å²) in [7, 11) is 0. The van der Waals surface area contributed by atoms with Crippen molar-refractivity contribution in [2.45, 2.75) is 30.6 Å². The molecule has 0 radical (unpaired) electrons. The van der Waals surface area contributed by atoms with E-state index in [0.29, 0.717) is 16.8 Å². The molecule has 160 valence electrons. The van der Waals surface area contributed by atoms with E-state index in [-0.39, 0.29) is 0 Å². The Morgan fingerprint density at radius 2 is 1.74 bits per heavy atom. The number of nitrogens with two attached hydrogens (primary N) is 1. The van der Waals surface area contributed by atoms with E-state index in [4.69, 9.17) is 10.5 Å². The summed E-state index contributed by atoms with van der Waals surface area (Å²) >= 11 is 3.25. The van der Waals surface area contributed by atoms with Gasteiger partial charge in [0.2, 0.25) is 5.91 Å². The quantitative estimate of drug-likeness (QED) is 0.392. The second kappa shape index (κ2) is 10.2. The van der Waals surface area contributed by atoms with Gasteiger partial charge < -0.3 is 15.8 Å². The number of aryl methyl sites for hydroxylation is 1.